The van der Waals surface area contributed by atoms with Gasteiger partial charge in [0.1, 0.15) is 23.0 Å². The molecule has 0 saturated carbocycles. The number of carbonyl (C=O) groups excluding carboxylic acids is 2. The predicted molar refractivity (Wildman–Crippen MR) is 114 cm³/mol. The first-order chi connectivity index (χ1) is 14.5. The molecule has 1 amide bonds. The number of amides is 1. The Labute approximate surface area is 176 Å². The third-order valence-corrected chi connectivity index (χ3v) is 6.33. The van der Waals surface area contributed by atoms with Crippen molar-refractivity contribution in [3.05, 3.63) is 51.0 Å². The fourth-order valence-corrected chi connectivity index (χ4v) is 5.16. The van der Waals surface area contributed by atoms with Crippen LogP contribution in [0.15, 0.2) is 29.2 Å². The van der Waals surface area contributed by atoms with Crippen molar-refractivity contribution in [3.8, 4) is 0 Å². The van der Waals surface area contributed by atoms with Crippen LogP contribution in [-0.2, 0) is 27.3 Å². The minimum Gasteiger partial charge on any atom is -0.466 e. The molecular weight excluding hydrogens is 404 g/mol. The van der Waals surface area contributed by atoms with Gasteiger partial charge in [-0.1, -0.05) is 6.07 Å². The maximum atomic E-state index is 13.4. The fraction of sp³-hybridized carbons (Fsp3) is 0.381. The number of fused-ring (bicyclic) bond motifs is 3. The van der Waals surface area contributed by atoms with E-state index in [1.54, 1.807) is 38.2 Å². The number of esters is 1. The molecule has 0 saturated heterocycles. The number of thiophene rings is 1. The molecule has 0 spiro atoms. The Bertz CT molecular complexity index is 1170. The molecule has 1 aliphatic rings. The van der Waals surface area contributed by atoms with Crippen molar-refractivity contribution in [1.29, 1.82) is 0 Å². The molecule has 0 aliphatic heterocycles. The summed E-state index contributed by atoms with van der Waals surface area (Å²) in [5.41, 5.74) is 0.429. The van der Waals surface area contributed by atoms with E-state index in [1.807, 2.05) is 0 Å². The Morgan fingerprint density at radius 2 is 2.20 bits per heavy atom. The van der Waals surface area contributed by atoms with Gasteiger partial charge in [0.2, 0.25) is 5.91 Å². The van der Waals surface area contributed by atoms with E-state index in [0.29, 0.717) is 34.9 Å². The maximum Gasteiger partial charge on any atom is 0.313 e. The predicted octanol–water partition coefficient (Wildman–Crippen LogP) is 2.78. The van der Waals surface area contributed by atoms with Gasteiger partial charge in [-0.05, 0) is 50.8 Å². The minimum absolute atomic E-state index is 0.182. The van der Waals surface area contributed by atoms with E-state index in [-0.39, 0.29) is 24.0 Å². The van der Waals surface area contributed by atoms with Crippen molar-refractivity contribution in [2.75, 3.05) is 11.9 Å². The molecule has 4 rings (SSSR count). The summed E-state index contributed by atoms with van der Waals surface area (Å²) in [6, 6.07) is 5.19. The molecule has 1 N–H and O–H groups in total. The normalized spacial score (nSPS) is 15.6. The second kappa shape index (κ2) is 8.35. The Kier molecular flexibility index (Phi) is 5.63. The molecule has 0 fully saturated rings. The SMILES string of the molecule is CCOC(=O)C1CCCc2sc3nc(C)n(CC(=O)Nc4ccccn4)c(=O)c3c21. The van der Waals surface area contributed by atoms with Crippen molar-refractivity contribution < 1.29 is 14.3 Å². The van der Waals surface area contributed by atoms with Crippen molar-refractivity contribution in [2.24, 2.45) is 0 Å². The summed E-state index contributed by atoms with van der Waals surface area (Å²) in [4.78, 5) is 48.7. The molecule has 30 heavy (non-hydrogen) atoms. The highest BCUT2D eigenvalue weighted by Crippen LogP contribution is 2.41. The van der Waals surface area contributed by atoms with Crippen LogP contribution in [0.25, 0.3) is 10.2 Å². The van der Waals surface area contributed by atoms with E-state index >= 15 is 0 Å². The van der Waals surface area contributed by atoms with Crippen molar-refractivity contribution in [3.63, 3.8) is 0 Å². The molecule has 156 valence electrons. The molecule has 0 radical (unpaired) electrons. The van der Waals surface area contributed by atoms with Gasteiger partial charge in [0.05, 0.1) is 17.9 Å². The maximum absolute atomic E-state index is 13.4. The van der Waals surface area contributed by atoms with Crippen LogP contribution < -0.4 is 10.9 Å². The molecule has 0 bridgehead atoms. The second-order valence-corrected chi connectivity index (χ2v) is 8.21. The standard InChI is InChI=1S/C21H22N4O4S/c1-3-29-21(28)13-7-6-8-14-17(13)18-19(30-14)23-12(2)25(20(18)27)11-16(26)24-15-9-4-5-10-22-15/h4-5,9-10,13H,3,6-8,11H2,1-2H3,(H,22,24,26). The zero-order chi connectivity index (χ0) is 21.3. The zero-order valence-electron chi connectivity index (χ0n) is 16.8. The van der Waals surface area contributed by atoms with Crippen LogP contribution in [0.3, 0.4) is 0 Å². The van der Waals surface area contributed by atoms with E-state index in [2.05, 4.69) is 15.3 Å². The van der Waals surface area contributed by atoms with Crippen LogP contribution in [-0.4, -0.2) is 33.0 Å². The lowest BCUT2D eigenvalue weighted by atomic mass is 9.86. The quantitative estimate of drug-likeness (QED) is 0.629. The number of hydrogen-bond donors (Lipinski definition) is 1. The highest BCUT2D eigenvalue weighted by atomic mass is 32.1. The average Bonchev–Trinajstić information content (AvgIpc) is 3.10. The van der Waals surface area contributed by atoms with E-state index in [4.69, 9.17) is 4.74 Å². The van der Waals surface area contributed by atoms with Gasteiger partial charge >= 0.3 is 5.97 Å². The molecular formula is C21H22N4O4S. The number of rotatable bonds is 5. The Balaban J connectivity index is 1.74. The second-order valence-electron chi connectivity index (χ2n) is 7.13. The first-order valence-corrected chi connectivity index (χ1v) is 10.7. The van der Waals surface area contributed by atoms with Crippen molar-refractivity contribution in [1.82, 2.24) is 14.5 Å². The van der Waals surface area contributed by atoms with Gasteiger partial charge in [0.25, 0.3) is 5.56 Å². The smallest absolute Gasteiger partial charge is 0.313 e. The highest BCUT2D eigenvalue weighted by Gasteiger charge is 2.33. The van der Waals surface area contributed by atoms with Gasteiger partial charge in [0.15, 0.2) is 0 Å². The number of ether oxygens (including phenoxy) is 1. The van der Waals surface area contributed by atoms with Crippen LogP contribution in [0, 0.1) is 6.92 Å². The molecule has 1 aliphatic carbocycles. The monoisotopic (exact) mass is 426 g/mol. The van der Waals surface area contributed by atoms with Crippen LogP contribution in [0.1, 0.15) is 41.9 Å². The van der Waals surface area contributed by atoms with Crippen molar-refractivity contribution in [2.45, 2.75) is 45.6 Å². The minimum atomic E-state index is -0.463. The van der Waals surface area contributed by atoms with E-state index in [1.165, 1.54) is 15.9 Å². The number of pyridine rings is 1. The van der Waals surface area contributed by atoms with Gasteiger partial charge in [0, 0.05) is 11.1 Å². The number of anilines is 1. The lowest BCUT2D eigenvalue weighted by Gasteiger charge is -2.21. The number of aromatic nitrogens is 3. The zero-order valence-corrected chi connectivity index (χ0v) is 17.6. The van der Waals surface area contributed by atoms with Crippen LogP contribution in [0.2, 0.25) is 0 Å². The lowest BCUT2D eigenvalue weighted by Crippen LogP contribution is -2.31. The van der Waals surface area contributed by atoms with Crippen LogP contribution in [0.4, 0.5) is 5.82 Å². The summed E-state index contributed by atoms with van der Waals surface area (Å²) in [6.07, 6.45) is 3.90. The summed E-state index contributed by atoms with van der Waals surface area (Å²) in [6.45, 7) is 3.59. The summed E-state index contributed by atoms with van der Waals surface area (Å²) < 4.78 is 6.60. The first kappa shape index (κ1) is 20.2. The molecule has 3 aromatic heterocycles. The lowest BCUT2D eigenvalue weighted by molar-refractivity contribution is -0.145. The number of carbonyl (C=O) groups is 2. The van der Waals surface area contributed by atoms with Crippen LogP contribution >= 0.6 is 11.3 Å². The average molecular weight is 426 g/mol. The summed E-state index contributed by atoms with van der Waals surface area (Å²) in [5, 5.41) is 3.12. The Hall–Kier alpha value is -3.07. The first-order valence-electron chi connectivity index (χ1n) is 9.89. The van der Waals surface area contributed by atoms with Gasteiger partial charge in [-0.2, -0.15) is 0 Å². The number of nitrogens with one attached hydrogen (secondary N) is 1. The third-order valence-electron chi connectivity index (χ3n) is 5.17. The molecule has 0 aromatic carbocycles. The molecule has 3 heterocycles. The summed E-state index contributed by atoms with van der Waals surface area (Å²) >= 11 is 1.45. The molecule has 8 nitrogen and oxygen atoms in total. The largest absolute Gasteiger partial charge is 0.466 e. The number of hydrogen-bond acceptors (Lipinski definition) is 7. The van der Waals surface area contributed by atoms with Crippen molar-refractivity contribution >= 4 is 39.2 Å². The van der Waals surface area contributed by atoms with Gasteiger partial charge in [-0.3, -0.25) is 19.0 Å². The highest BCUT2D eigenvalue weighted by molar-refractivity contribution is 7.18. The van der Waals surface area contributed by atoms with Gasteiger partial charge < -0.3 is 10.1 Å². The van der Waals surface area contributed by atoms with Crippen LogP contribution in [0.5, 0.6) is 0 Å². The number of nitrogens with zero attached hydrogens (tertiary/aromatic N) is 3. The van der Waals surface area contributed by atoms with Gasteiger partial charge in [-0.15, -0.1) is 11.3 Å². The Morgan fingerprint density at radius 1 is 1.37 bits per heavy atom. The van der Waals surface area contributed by atoms with E-state index in [9.17, 15) is 14.4 Å². The fourth-order valence-electron chi connectivity index (χ4n) is 3.84. The van der Waals surface area contributed by atoms with Gasteiger partial charge in [-0.25, -0.2) is 9.97 Å². The molecule has 1 unspecified atom stereocenters. The summed E-state index contributed by atoms with van der Waals surface area (Å²) in [5.74, 6) is -0.272. The number of aryl methyl sites for hydroxylation is 2. The molecule has 3 aromatic rings. The topological polar surface area (TPSA) is 103 Å². The summed E-state index contributed by atoms with van der Waals surface area (Å²) in [7, 11) is 0. The molecule has 9 heteroatoms. The van der Waals surface area contributed by atoms with E-state index < -0.39 is 5.92 Å². The molecule has 1 atom stereocenters. The van der Waals surface area contributed by atoms with E-state index in [0.717, 1.165) is 23.3 Å². The Morgan fingerprint density at radius 3 is 2.93 bits per heavy atom. The third kappa shape index (κ3) is 3.72.